The second-order valence-electron chi connectivity index (χ2n) is 6.14. The standard InChI is InChI=1S/C17H24ClNO2/c1-2-12-13(17(11-19)6-3-4-7-17)10-14(18)16-15(12)20-8-5-9-21-16/h10H,2-9,11,19H2,1H3. The molecule has 2 N–H and O–H groups in total. The predicted octanol–water partition coefficient (Wildman–Crippen LogP) is 3.83. The summed E-state index contributed by atoms with van der Waals surface area (Å²) in [5.41, 5.74) is 8.77. The van der Waals surface area contributed by atoms with Gasteiger partial charge in [-0.3, -0.25) is 0 Å². The molecule has 4 heteroatoms. The van der Waals surface area contributed by atoms with Gasteiger partial charge in [0.1, 0.15) is 0 Å². The van der Waals surface area contributed by atoms with E-state index in [1.807, 2.05) is 0 Å². The Labute approximate surface area is 131 Å². The van der Waals surface area contributed by atoms with E-state index in [0.29, 0.717) is 24.8 Å². The lowest BCUT2D eigenvalue weighted by Gasteiger charge is -2.32. The molecule has 2 aliphatic rings. The molecule has 21 heavy (non-hydrogen) atoms. The molecule has 1 aliphatic heterocycles. The minimum atomic E-state index is 0.0691. The minimum Gasteiger partial charge on any atom is -0.489 e. The Morgan fingerprint density at radius 3 is 2.43 bits per heavy atom. The normalized spacial score (nSPS) is 20.3. The van der Waals surface area contributed by atoms with Crippen LogP contribution in [-0.2, 0) is 11.8 Å². The van der Waals surface area contributed by atoms with Crippen molar-refractivity contribution in [3.05, 3.63) is 22.2 Å². The second kappa shape index (κ2) is 6.05. The summed E-state index contributed by atoms with van der Waals surface area (Å²) >= 11 is 6.50. The summed E-state index contributed by atoms with van der Waals surface area (Å²) in [7, 11) is 0. The summed E-state index contributed by atoms with van der Waals surface area (Å²) < 4.78 is 11.8. The van der Waals surface area contributed by atoms with E-state index in [9.17, 15) is 0 Å². The van der Waals surface area contributed by atoms with E-state index in [0.717, 1.165) is 37.2 Å². The molecule has 1 aliphatic carbocycles. The van der Waals surface area contributed by atoms with Crippen molar-refractivity contribution < 1.29 is 9.47 Å². The Morgan fingerprint density at radius 2 is 1.81 bits per heavy atom. The Kier molecular flexibility index (Phi) is 4.32. The fourth-order valence-corrected chi connectivity index (χ4v) is 4.05. The van der Waals surface area contributed by atoms with E-state index in [1.54, 1.807) is 0 Å². The van der Waals surface area contributed by atoms with E-state index in [2.05, 4.69) is 13.0 Å². The number of hydrogen-bond donors (Lipinski definition) is 1. The van der Waals surface area contributed by atoms with E-state index in [-0.39, 0.29) is 5.41 Å². The van der Waals surface area contributed by atoms with Gasteiger partial charge in [0, 0.05) is 23.9 Å². The molecule has 0 amide bonds. The van der Waals surface area contributed by atoms with Gasteiger partial charge in [0.25, 0.3) is 0 Å². The summed E-state index contributed by atoms with van der Waals surface area (Å²) in [6.07, 6.45) is 6.59. The van der Waals surface area contributed by atoms with Crippen molar-refractivity contribution >= 4 is 11.6 Å². The zero-order chi connectivity index (χ0) is 14.9. The highest BCUT2D eigenvalue weighted by atomic mass is 35.5. The first-order chi connectivity index (χ1) is 10.2. The molecule has 0 saturated heterocycles. The zero-order valence-corrected chi connectivity index (χ0v) is 13.5. The molecule has 3 nitrogen and oxygen atoms in total. The van der Waals surface area contributed by atoms with E-state index in [1.165, 1.54) is 24.0 Å². The maximum absolute atomic E-state index is 6.50. The molecule has 0 radical (unpaired) electrons. The van der Waals surface area contributed by atoms with Crippen molar-refractivity contribution in [1.29, 1.82) is 0 Å². The predicted molar refractivity (Wildman–Crippen MR) is 85.6 cm³/mol. The van der Waals surface area contributed by atoms with Gasteiger partial charge in [-0.25, -0.2) is 0 Å². The summed E-state index contributed by atoms with van der Waals surface area (Å²) in [5, 5.41) is 0.666. The highest BCUT2D eigenvalue weighted by molar-refractivity contribution is 6.32. The fraction of sp³-hybridized carbons (Fsp3) is 0.647. The summed E-state index contributed by atoms with van der Waals surface area (Å²) in [6.45, 7) is 4.20. The van der Waals surface area contributed by atoms with Crippen LogP contribution in [0.4, 0.5) is 0 Å². The molecule has 3 rings (SSSR count). The van der Waals surface area contributed by atoms with E-state index < -0.39 is 0 Å². The topological polar surface area (TPSA) is 44.5 Å². The van der Waals surface area contributed by atoms with Gasteiger partial charge < -0.3 is 15.2 Å². The molecule has 1 aromatic carbocycles. The van der Waals surface area contributed by atoms with Crippen molar-refractivity contribution in [3.63, 3.8) is 0 Å². The molecular weight excluding hydrogens is 286 g/mol. The van der Waals surface area contributed by atoms with Gasteiger partial charge >= 0.3 is 0 Å². The first-order valence-electron chi connectivity index (χ1n) is 8.03. The summed E-state index contributed by atoms with van der Waals surface area (Å²) in [5.74, 6) is 1.58. The Bertz CT molecular complexity index is 524. The van der Waals surface area contributed by atoms with Crippen LogP contribution < -0.4 is 15.2 Å². The first-order valence-corrected chi connectivity index (χ1v) is 8.41. The molecule has 0 spiro atoms. The van der Waals surface area contributed by atoms with Crippen LogP contribution in [0, 0.1) is 0 Å². The quantitative estimate of drug-likeness (QED) is 0.922. The molecule has 1 fully saturated rings. The molecule has 0 atom stereocenters. The monoisotopic (exact) mass is 309 g/mol. The lowest BCUT2D eigenvalue weighted by Crippen LogP contribution is -2.33. The molecular formula is C17H24ClNO2. The average molecular weight is 310 g/mol. The van der Waals surface area contributed by atoms with Crippen LogP contribution in [0.5, 0.6) is 11.5 Å². The highest BCUT2D eigenvalue weighted by Crippen LogP contribution is 2.49. The zero-order valence-electron chi connectivity index (χ0n) is 12.7. The third kappa shape index (κ3) is 2.51. The van der Waals surface area contributed by atoms with Gasteiger partial charge in [0.2, 0.25) is 0 Å². The number of fused-ring (bicyclic) bond motifs is 1. The average Bonchev–Trinajstić information content (AvgIpc) is 2.85. The molecule has 1 heterocycles. The van der Waals surface area contributed by atoms with Crippen LogP contribution in [0.2, 0.25) is 5.02 Å². The van der Waals surface area contributed by atoms with Crippen LogP contribution in [0.1, 0.15) is 50.2 Å². The number of hydrogen-bond acceptors (Lipinski definition) is 3. The van der Waals surface area contributed by atoms with Crippen LogP contribution >= 0.6 is 11.6 Å². The van der Waals surface area contributed by atoms with Gasteiger partial charge in [-0.15, -0.1) is 0 Å². The fourth-order valence-electron chi connectivity index (χ4n) is 3.80. The highest BCUT2D eigenvalue weighted by Gasteiger charge is 2.38. The van der Waals surface area contributed by atoms with Crippen molar-refractivity contribution in [3.8, 4) is 11.5 Å². The van der Waals surface area contributed by atoms with Gasteiger partial charge in [0.15, 0.2) is 11.5 Å². The molecule has 1 saturated carbocycles. The third-order valence-corrected chi connectivity index (χ3v) is 5.23. The SMILES string of the molecule is CCc1c(C2(CN)CCCC2)cc(Cl)c2c1OCCCO2. The Hall–Kier alpha value is -0.930. The number of halogens is 1. The maximum Gasteiger partial charge on any atom is 0.180 e. The number of nitrogens with two attached hydrogens (primary N) is 1. The van der Waals surface area contributed by atoms with Gasteiger partial charge in [0.05, 0.1) is 18.2 Å². The molecule has 116 valence electrons. The van der Waals surface area contributed by atoms with Crippen molar-refractivity contribution in [2.24, 2.45) is 5.73 Å². The van der Waals surface area contributed by atoms with E-state index >= 15 is 0 Å². The first kappa shape index (κ1) is 15.0. The lowest BCUT2D eigenvalue weighted by molar-refractivity contribution is 0.296. The van der Waals surface area contributed by atoms with Crippen molar-refractivity contribution in [2.45, 2.75) is 50.9 Å². The second-order valence-corrected chi connectivity index (χ2v) is 6.55. The molecule has 0 bridgehead atoms. The van der Waals surface area contributed by atoms with Crippen LogP contribution in [-0.4, -0.2) is 19.8 Å². The lowest BCUT2D eigenvalue weighted by atomic mass is 9.76. The Morgan fingerprint density at radius 1 is 1.14 bits per heavy atom. The molecule has 1 aromatic rings. The minimum absolute atomic E-state index is 0.0691. The maximum atomic E-state index is 6.50. The van der Waals surface area contributed by atoms with Crippen LogP contribution in [0.3, 0.4) is 0 Å². The van der Waals surface area contributed by atoms with Gasteiger partial charge in [-0.05, 0) is 30.9 Å². The molecule has 0 aromatic heterocycles. The van der Waals surface area contributed by atoms with Crippen molar-refractivity contribution in [1.82, 2.24) is 0 Å². The van der Waals surface area contributed by atoms with Gasteiger partial charge in [-0.1, -0.05) is 31.4 Å². The van der Waals surface area contributed by atoms with Crippen molar-refractivity contribution in [2.75, 3.05) is 19.8 Å². The molecule has 0 unspecified atom stereocenters. The van der Waals surface area contributed by atoms with Gasteiger partial charge in [-0.2, -0.15) is 0 Å². The Balaban J connectivity index is 2.17. The number of ether oxygens (including phenoxy) is 2. The number of benzene rings is 1. The van der Waals surface area contributed by atoms with E-state index in [4.69, 9.17) is 26.8 Å². The summed E-state index contributed by atoms with van der Waals surface area (Å²) in [6, 6.07) is 2.09. The smallest absolute Gasteiger partial charge is 0.180 e. The van der Waals surface area contributed by atoms with Crippen LogP contribution in [0.25, 0.3) is 0 Å². The summed E-state index contributed by atoms with van der Waals surface area (Å²) in [4.78, 5) is 0. The number of rotatable bonds is 3. The largest absolute Gasteiger partial charge is 0.489 e. The third-order valence-electron chi connectivity index (χ3n) is 4.95. The van der Waals surface area contributed by atoms with Crippen LogP contribution in [0.15, 0.2) is 6.07 Å².